The lowest BCUT2D eigenvalue weighted by molar-refractivity contribution is -0.140. The van der Waals surface area contributed by atoms with Crippen molar-refractivity contribution in [3.63, 3.8) is 0 Å². The van der Waals surface area contributed by atoms with Gasteiger partial charge in [-0.05, 0) is 30.0 Å². The van der Waals surface area contributed by atoms with E-state index < -0.39 is 0 Å². The first-order valence-corrected chi connectivity index (χ1v) is 5.75. The van der Waals surface area contributed by atoms with Gasteiger partial charge < -0.3 is 4.74 Å². The van der Waals surface area contributed by atoms with Crippen LogP contribution in [-0.2, 0) is 9.53 Å². The molecule has 1 aromatic carbocycles. The molecule has 82 valence electrons. The van der Waals surface area contributed by atoms with Gasteiger partial charge in [-0.15, -0.1) is 0 Å². The van der Waals surface area contributed by atoms with E-state index in [9.17, 15) is 4.79 Å². The first-order chi connectivity index (χ1) is 7.13. The lowest BCUT2D eigenvalue weighted by Crippen LogP contribution is -2.03. The maximum Gasteiger partial charge on any atom is 0.305 e. The molecule has 0 saturated heterocycles. The van der Waals surface area contributed by atoms with Gasteiger partial charge in [-0.25, -0.2) is 0 Å². The molecule has 0 spiro atoms. The van der Waals surface area contributed by atoms with Crippen molar-refractivity contribution in [2.75, 3.05) is 7.11 Å². The van der Waals surface area contributed by atoms with Crippen LogP contribution < -0.4 is 0 Å². The fourth-order valence-corrected chi connectivity index (χ4v) is 1.83. The molecule has 0 aliphatic carbocycles. The van der Waals surface area contributed by atoms with E-state index in [0.717, 1.165) is 10.9 Å². The summed E-state index contributed by atoms with van der Waals surface area (Å²) < 4.78 is 5.69. The van der Waals surface area contributed by atoms with Gasteiger partial charge in [0.05, 0.1) is 7.11 Å². The lowest BCUT2D eigenvalue weighted by Gasteiger charge is -2.11. The van der Waals surface area contributed by atoms with Crippen molar-refractivity contribution >= 4 is 21.9 Å². The van der Waals surface area contributed by atoms with E-state index >= 15 is 0 Å². The van der Waals surface area contributed by atoms with Crippen LogP contribution in [0, 0.1) is 0 Å². The Labute approximate surface area is 98.8 Å². The van der Waals surface area contributed by atoms with Crippen LogP contribution in [0.4, 0.5) is 0 Å². The van der Waals surface area contributed by atoms with Crippen molar-refractivity contribution in [3.8, 4) is 0 Å². The number of esters is 1. The minimum absolute atomic E-state index is 0.142. The molecule has 1 atom stereocenters. The van der Waals surface area contributed by atoms with Gasteiger partial charge in [0.2, 0.25) is 0 Å². The molecule has 0 radical (unpaired) electrons. The molecule has 1 aromatic rings. The minimum atomic E-state index is -0.142. The molecule has 3 heteroatoms. The quantitative estimate of drug-likeness (QED) is 0.783. The highest BCUT2D eigenvalue weighted by Crippen LogP contribution is 2.23. The predicted molar refractivity (Wildman–Crippen MR) is 63.8 cm³/mol. The van der Waals surface area contributed by atoms with Crippen molar-refractivity contribution in [2.45, 2.75) is 25.7 Å². The summed E-state index contributed by atoms with van der Waals surface area (Å²) in [7, 11) is 1.42. The second-order valence-corrected chi connectivity index (χ2v) is 4.49. The van der Waals surface area contributed by atoms with Crippen LogP contribution in [0.3, 0.4) is 0 Å². The fourth-order valence-electron chi connectivity index (χ4n) is 1.42. The van der Waals surface area contributed by atoms with Gasteiger partial charge in [-0.3, -0.25) is 4.79 Å². The van der Waals surface area contributed by atoms with Crippen LogP contribution in [0.1, 0.15) is 31.2 Å². The zero-order chi connectivity index (χ0) is 11.3. The van der Waals surface area contributed by atoms with Crippen LogP contribution >= 0.6 is 15.9 Å². The molecular weight excluding hydrogens is 256 g/mol. The number of carbonyl (C=O) groups is 1. The van der Waals surface area contributed by atoms with Crippen LogP contribution in [0.25, 0.3) is 0 Å². The van der Waals surface area contributed by atoms with E-state index in [2.05, 4.69) is 39.7 Å². The maximum absolute atomic E-state index is 11.0. The largest absolute Gasteiger partial charge is 0.469 e. The first kappa shape index (κ1) is 12.2. The maximum atomic E-state index is 11.0. The highest BCUT2D eigenvalue weighted by Gasteiger charge is 2.08. The lowest BCUT2D eigenvalue weighted by atomic mass is 9.96. The molecule has 0 heterocycles. The van der Waals surface area contributed by atoms with Crippen molar-refractivity contribution in [2.24, 2.45) is 0 Å². The molecule has 0 unspecified atom stereocenters. The number of carbonyl (C=O) groups excluding carboxylic acids is 1. The molecule has 0 bridgehead atoms. The van der Waals surface area contributed by atoms with Gasteiger partial charge in [-0.2, -0.15) is 0 Å². The van der Waals surface area contributed by atoms with E-state index in [-0.39, 0.29) is 5.97 Å². The first-order valence-electron chi connectivity index (χ1n) is 4.95. The number of rotatable bonds is 4. The third-order valence-electron chi connectivity index (χ3n) is 2.43. The molecule has 0 amide bonds. The Hall–Kier alpha value is -0.830. The van der Waals surface area contributed by atoms with Gasteiger partial charge in [0.1, 0.15) is 0 Å². The Kier molecular flexibility index (Phi) is 4.82. The van der Waals surface area contributed by atoms with E-state index in [1.54, 1.807) is 0 Å². The molecule has 15 heavy (non-hydrogen) atoms. The molecule has 0 aliphatic heterocycles. The summed E-state index contributed by atoms with van der Waals surface area (Å²) in [6, 6.07) is 8.17. The molecule has 0 aromatic heterocycles. The molecule has 2 nitrogen and oxygen atoms in total. The Bertz CT molecular complexity index is 336. The number of halogens is 1. The van der Waals surface area contributed by atoms with Gasteiger partial charge in [0.25, 0.3) is 0 Å². The topological polar surface area (TPSA) is 26.3 Å². The SMILES string of the molecule is COC(=O)CC[C@H](C)c1cccc(Br)c1. The number of hydrogen-bond donors (Lipinski definition) is 0. The summed E-state index contributed by atoms with van der Waals surface area (Å²) in [5.41, 5.74) is 1.24. The molecule has 0 aliphatic rings. The van der Waals surface area contributed by atoms with Crippen LogP contribution in [0.2, 0.25) is 0 Å². The number of ether oxygens (including phenoxy) is 1. The highest BCUT2D eigenvalue weighted by atomic mass is 79.9. The summed E-state index contributed by atoms with van der Waals surface area (Å²) in [5.74, 6) is 0.235. The third kappa shape index (κ3) is 4.04. The standard InChI is InChI=1S/C12H15BrO2/c1-9(6-7-12(14)15-2)10-4-3-5-11(13)8-10/h3-5,8-9H,6-7H2,1-2H3/t9-/m0/s1. The minimum Gasteiger partial charge on any atom is -0.469 e. The van der Waals surface area contributed by atoms with E-state index in [0.29, 0.717) is 12.3 Å². The smallest absolute Gasteiger partial charge is 0.305 e. The zero-order valence-electron chi connectivity index (χ0n) is 9.00. The monoisotopic (exact) mass is 270 g/mol. The summed E-state index contributed by atoms with van der Waals surface area (Å²) in [6.45, 7) is 2.12. The van der Waals surface area contributed by atoms with E-state index in [1.165, 1.54) is 12.7 Å². The summed E-state index contributed by atoms with van der Waals surface area (Å²) >= 11 is 3.43. The van der Waals surface area contributed by atoms with Gasteiger partial charge in [0.15, 0.2) is 0 Å². The molecule has 1 rings (SSSR count). The summed E-state index contributed by atoms with van der Waals surface area (Å²) in [6.07, 6.45) is 1.30. The zero-order valence-corrected chi connectivity index (χ0v) is 10.6. The molecule has 0 saturated carbocycles. The van der Waals surface area contributed by atoms with Crippen LogP contribution in [-0.4, -0.2) is 13.1 Å². The average Bonchev–Trinajstić information content (AvgIpc) is 2.25. The fraction of sp³-hybridized carbons (Fsp3) is 0.417. The second kappa shape index (κ2) is 5.91. The van der Waals surface area contributed by atoms with E-state index in [1.807, 2.05) is 12.1 Å². The summed E-state index contributed by atoms with van der Waals surface area (Å²) in [4.78, 5) is 11.0. The molecular formula is C12H15BrO2. The van der Waals surface area contributed by atoms with Crippen LogP contribution in [0.5, 0.6) is 0 Å². The van der Waals surface area contributed by atoms with Crippen molar-refractivity contribution in [1.82, 2.24) is 0 Å². The second-order valence-electron chi connectivity index (χ2n) is 3.57. The Morgan fingerprint density at radius 1 is 1.53 bits per heavy atom. The Morgan fingerprint density at radius 2 is 2.27 bits per heavy atom. The van der Waals surface area contributed by atoms with Crippen molar-refractivity contribution in [3.05, 3.63) is 34.3 Å². The van der Waals surface area contributed by atoms with E-state index in [4.69, 9.17) is 0 Å². The number of benzene rings is 1. The van der Waals surface area contributed by atoms with Gasteiger partial charge >= 0.3 is 5.97 Å². The van der Waals surface area contributed by atoms with Crippen molar-refractivity contribution < 1.29 is 9.53 Å². The number of hydrogen-bond acceptors (Lipinski definition) is 2. The predicted octanol–water partition coefficient (Wildman–Crippen LogP) is 3.51. The van der Waals surface area contributed by atoms with Gasteiger partial charge in [0, 0.05) is 10.9 Å². The highest BCUT2D eigenvalue weighted by molar-refractivity contribution is 9.10. The number of methoxy groups -OCH3 is 1. The molecule has 0 N–H and O–H groups in total. The third-order valence-corrected chi connectivity index (χ3v) is 2.92. The van der Waals surface area contributed by atoms with Gasteiger partial charge in [-0.1, -0.05) is 35.0 Å². The summed E-state index contributed by atoms with van der Waals surface area (Å²) in [5, 5.41) is 0. The normalized spacial score (nSPS) is 12.2. The van der Waals surface area contributed by atoms with Crippen molar-refractivity contribution in [1.29, 1.82) is 0 Å². The Balaban J connectivity index is 2.53. The molecule has 0 fully saturated rings. The Morgan fingerprint density at radius 3 is 2.87 bits per heavy atom. The van der Waals surface area contributed by atoms with Crippen LogP contribution in [0.15, 0.2) is 28.7 Å². The average molecular weight is 271 g/mol.